The van der Waals surface area contributed by atoms with Crippen molar-refractivity contribution in [3.63, 3.8) is 0 Å². The van der Waals surface area contributed by atoms with Crippen LogP contribution >= 0.6 is 0 Å². The molecule has 7 heteroatoms. The number of rotatable bonds is 6. The van der Waals surface area contributed by atoms with Crippen LogP contribution in [-0.4, -0.2) is 48.7 Å². The van der Waals surface area contributed by atoms with Gasteiger partial charge in [-0.25, -0.2) is 9.18 Å². The third kappa shape index (κ3) is 4.09. The van der Waals surface area contributed by atoms with Crippen molar-refractivity contribution in [3.8, 4) is 5.75 Å². The predicted octanol–water partition coefficient (Wildman–Crippen LogP) is 1.55. The summed E-state index contributed by atoms with van der Waals surface area (Å²) in [5.74, 6) is -0.478. The lowest BCUT2D eigenvalue weighted by Crippen LogP contribution is -2.52. The minimum absolute atomic E-state index is 0.218. The van der Waals surface area contributed by atoms with E-state index in [2.05, 4.69) is 5.32 Å². The minimum atomic E-state index is -0.553. The second-order valence-electron chi connectivity index (χ2n) is 5.60. The summed E-state index contributed by atoms with van der Waals surface area (Å²) in [6.45, 7) is 4.60. The molecule has 0 aliphatic carbocycles. The number of ether oxygens (including phenoxy) is 2. The maximum Gasteiger partial charge on any atom is 0.410 e. The van der Waals surface area contributed by atoms with Crippen molar-refractivity contribution in [1.82, 2.24) is 10.2 Å². The van der Waals surface area contributed by atoms with Crippen molar-refractivity contribution in [2.45, 2.75) is 19.4 Å². The Balaban J connectivity index is 1.78. The Morgan fingerprint density at radius 2 is 2.27 bits per heavy atom. The van der Waals surface area contributed by atoms with E-state index < -0.39 is 11.4 Å². The number of hydrogen-bond acceptors (Lipinski definition) is 4. The second-order valence-corrected chi connectivity index (χ2v) is 5.60. The highest BCUT2D eigenvalue weighted by atomic mass is 19.1. The number of nitrogens with one attached hydrogen (secondary N) is 1. The summed E-state index contributed by atoms with van der Waals surface area (Å²) in [7, 11) is 0. The van der Waals surface area contributed by atoms with Crippen LogP contribution in [0.4, 0.5) is 9.18 Å². The monoisotopic (exact) mass is 310 g/mol. The van der Waals surface area contributed by atoms with Crippen molar-refractivity contribution in [3.05, 3.63) is 30.1 Å². The van der Waals surface area contributed by atoms with Crippen molar-refractivity contribution in [2.24, 2.45) is 0 Å². The third-order valence-corrected chi connectivity index (χ3v) is 3.38. The van der Waals surface area contributed by atoms with E-state index in [1.807, 2.05) is 13.8 Å². The first-order chi connectivity index (χ1) is 10.4. The lowest BCUT2D eigenvalue weighted by atomic mass is 10.0. The number of hydrogen-bond donors (Lipinski definition) is 1. The molecule has 1 aliphatic rings. The summed E-state index contributed by atoms with van der Waals surface area (Å²) in [6, 6.07) is 5.58. The smallest absolute Gasteiger partial charge is 0.410 e. The Kier molecular flexibility index (Phi) is 4.85. The molecule has 1 heterocycles. The molecule has 1 fully saturated rings. The largest absolute Gasteiger partial charge is 0.484 e. The maximum absolute atomic E-state index is 13.0. The van der Waals surface area contributed by atoms with Crippen LogP contribution in [0.3, 0.4) is 0 Å². The van der Waals surface area contributed by atoms with E-state index in [-0.39, 0.29) is 30.9 Å². The van der Waals surface area contributed by atoms with Crippen LogP contribution < -0.4 is 10.1 Å². The lowest BCUT2D eigenvalue weighted by molar-refractivity contribution is -0.123. The normalized spacial score (nSPS) is 14.7. The Morgan fingerprint density at radius 1 is 1.50 bits per heavy atom. The molecule has 1 aromatic rings. The molecule has 1 saturated heterocycles. The molecule has 0 saturated carbocycles. The summed E-state index contributed by atoms with van der Waals surface area (Å²) in [4.78, 5) is 24.9. The van der Waals surface area contributed by atoms with Gasteiger partial charge in [0.15, 0.2) is 6.61 Å². The van der Waals surface area contributed by atoms with Crippen LogP contribution in [0.1, 0.15) is 13.8 Å². The molecule has 0 unspecified atom stereocenters. The van der Waals surface area contributed by atoms with Gasteiger partial charge >= 0.3 is 6.09 Å². The fourth-order valence-corrected chi connectivity index (χ4v) is 2.11. The van der Waals surface area contributed by atoms with Gasteiger partial charge in [-0.2, -0.15) is 0 Å². The van der Waals surface area contributed by atoms with Gasteiger partial charge in [0, 0.05) is 12.6 Å². The van der Waals surface area contributed by atoms with Crippen molar-refractivity contribution >= 4 is 12.0 Å². The minimum Gasteiger partial charge on any atom is -0.484 e. The van der Waals surface area contributed by atoms with Gasteiger partial charge in [0.1, 0.15) is 18.2 Å². The van der Waals surface area contributed by atoms with Crippen LogP contribution in [0.15, 0.2) is 24.3 Å². The SMILES string of the molecule is CC(C)(CNC(=O)COc1cccc(F)c1)N1CCOC1=O. The van der Waals surface area contributed by atoms with Crippen LogP contribution in [0.2, 0.25) is 0 Å². The first-order valence-corrected chi connectivity index (χ1v) is 6.98. The molecule has 6 nitrogen and oxygen atoms in total. The molecule has 2 amide bonds. The molecule has 0 radical (unpaired) electrons. The molecular formula is C15H19FN2O4. The molecule has 1 aromatic carbocycles. The Bertz CT molecular complexity index is 562. The highest BCUT2D eigenvalue weighted by molar-refractivity contribution is 5.77. The van der Waals surface area contributed by atoms with Crippen LogP contribution in [0, 0.1) is 5.82 Å². The summed E-state index contributed by atoms with van der Waals surface area (Å²) >= 11 is 0. The molecule has 0 atom stereocenters. The predicted molar refractivity (Wildman–Crippen MR) is 77.0 cm³/mol. The average Bonchev–Trinajstić information content (AvgIpc) is 2.90. The highest BCUT2D eigenvalue weighted by Gasteiger charge is 2.35. The van der Waals surface area contributed by atoms with E-state index >= 15 is 0 Å². The first kappa shape index (κ1) is 16.1. The van der Waals surface area contributed by atoms with E-state index in [1.165, 1.54) is 18.2 Å². The summed E-state index contributed by atoms with van der Waals surface area (Å²) in [6.07, 6.45) is -0.379. The molecule has 22 heavy (non-hydrogen) atoms. The Morgan fingerprint density at radius 3 is 2.91 bits per heavy atom. The van der Waals surface area contributed by atoms with E-state index in [1.54, 1.807) is 11.0 Å². The fourth-order valence-electron chi connectivity index (χ4n) is 2.11. The van der Waals surface area contributed by atoms with Gasteiger partial charge in [0.05, 0.1) is 12.1 Å². The van der Waals surface area contributed by atoms with Crippen LogP contribution in [-0.2, 0) is 9.53 Å². The van der Waals surface area contributed by atoms with Gasteiger partial charge in [-0.15, -0.1) is 0 Å². The third-order valence-electron chi connectivity index (χ3n) is 3.38. The number of carbonyl (C=O) groups excluding carboxylic acids is 2. The van der Waals surface area contributed by atoms with Crippen molar-refractivity contribution in [2.75, 3.05) is 26.3 Å². The zero-order valence-electron chi connectivity index (χ0n) is 12.6. The summed E-state index contributed by atoms with van der Waals surface area (Å²) < 4.78 is 23.1. The van der Waals surface area contributed by atoms with Crippen molar-refractivity contribution < 1.29 is 23.5 Å². The van der Waals surface area contributed by atoms with Gasteiger partial charge < -0.3 is 14.8 Å². The molecule has 2 rings (SSSR count). The molecule has 120 valence electrons. The number of carbonyl (C=O) groups is 2. The Labute approximate surface area is 128 Å². The van der Waals surface area contributed by atoms with E-state index in [0.717, 1.165) is 0 Å². The van der Waals surface area contributed by atoms with Crippen LogP contribution in [0.5, 0.6) is 5.75 Å². The summed E-state index contributed by atoms with van der Waals surface area (Å²) in [5, 5.41) is 2.70. The standard InChI is InChI=1S/C15H19FN2O4/c1-15(2,18-6-7-21-14(18)20)10-17-13(19)9-22-12-5-3-4-11(16)8-12/h3-5,8H,6-7,9-10H2,1-2H3,(H,17,19). The average molecular weight is 310 g/mol. The summed E-state index contributed by atoms with van der Waals surface area (Å²) in [5.41, 5.74) is -0.553. The molecule has 0 aromatic heterocycles. The zero-order valence-corrected chi connectivity index (χ0v) is 12.6. The first-order valence-electron chi connectivity index (χ1n) is 6.98. The molecule has 0 spiro atoms. The van der Waals surface area contributed by atoms with Gasteiger partial charge in [-0.1, -0.05) is 6.07 Å². The Hall–Kier alpha value is -2.31. The van der Waals surface area contributed by atoms with E-state index in [0.29, 0.717) is 13.2 Å². The number of nitrogens with zero attached hydrogens (tertiary/aromatic N) is 1. The van der Waals surface area contributed by atoms with E-state index in [9.17, 15) is 14.0 Å². The quantitative estimate of drug-likeness (QED) is 0.865. The van der Waals surface area contributed by atoms with Gasteiger partial charge in [-0.05, 0) is 26.0 Å². The van der Waals surface area contributed by atoms with Gasteiger partial charge in [-0.3, -0.25) is 9.69 Å². The molecule has 0 bridgehead atoms. The van der Waals surface area contributed by atoms with Crippen LogP contribution in [0.25, 0.3) is 0 Å². The fraction of sp³-hybridized carbons (Fsp3) is 0.467. The van der Waals surface area contributed by atoms with Gasteiger partial charge in [0.25, 0.3) is 5.91 Å². The number of halogens is 1. The lowest BCUT2D eigenvalue weighted by Gasteiger charge is -2.33. The molecule has 1 aliphatic heterocycles. The number of cyclic esters (lactones) is 1. The van der Waals surface area contributed by atoms with Gasteiger partial charge in [0.2, 0.25) is 0 Å². The second kappa shape index (κ2) is 6.64. The maximum atomic E-state index is 13.0. The zero-order chi connectivity index (χ0) is 16.2. The number of benzene rings is 1. The molecular weight excluding hydrogens is 291 g/mol. The topological polar surface area (TPSA) is 67.9 Å². The number of amides is 2. The van der Waals surface area contributed by atoms with Crippen molar-refractivity contribution in [1.29, 1.82) is 0 Å². The highest BCUT2D eigenvalue weighted by Crippen LogP contribution is 2.18. The van der Waals surface area contributed by atoms with E-state index in [4.69, 9.17) is 9.47 Å². The molecule has 1 N–H and O–H groups in total.